The molecule has 0 aliphatic heterocycles. The Balaban J connectivity index is 1.49. The summed E-state index contributed by atoms with van der Waals surface area (Å²) in [5.41, 5.74) is 12.2. The topological polar surface area (TPSA) is 16.3 Å². The van der Waals surface area contributed by atoms with Crippen molar-refractivity contribution in [2.45, 2.75) is 11.8 Å². The molecule has 2 heterocycles. The minimum atomic E-state index is -0.00135. The van der Waals surface area contributed by atoms with E-state index in [1.54, 1.807) is 0 Å². The molecule has 0 N–H and O–H groups in total. The standard InChI is InChI=1S/C44H36N4/c1-7-27-47(28-8-2)33-23-19-31(20-24-33)39-41-35-15-11-13-17-37(35)46(6)44(41)40(42-36-16-12-14-18-38(36)45(5)43(39)42)32-21-25-34(26-22-32)48(29-9-3)30-10-4/h1-4,11-26,39-40H,27-30H2,5-6H3. The lowest BCUT2D eigenvalue weighted by Gasteiger charge is -2.33. The summed E-state index contributed by atoms with van der Waals surface area (Å²) in [4.78, 5) is 4.09. The van der Waals surface area contributed by atoms with E-state index in [-0.39, 0.29) is 11.8 Å². The molecule has 1 aliphatic rings. The molecule has 232 valence electrons. The van der Waals surface area contributed by atoms with Crippen molar-refractivity contribution in [3.8, 4) is 49.4 Å². The molecule has 4 nitrogen and oxygen atoms in total. The van der Waals surface area contributed by atoms with Gasteiger partial charge in [-0.15, -0.1) is 25.7 Å². The van der Waals surface area contributed by atoms with E-state index in [4.69, 9.17) is 25.7 Å². The van der Waals surface area contributed by atoms with Crippen LogP contribution in [0.25, 0.3) is 21.8 Å². The summed E-state index contributed by atoms with van der Waals surface area (Å²) in [5.74, 6) is 11.0. The number of para-hydroxylation sites is 2. The number of hydrogen-bond donors (Lipinski definition) is 0. The second-order valence-electron chi connectivity index (χ2n) is 12.3. The molecule has 0 fully saturated rings. The summed E-state index contributed by atoms with van der Waals surface area (Å²) >= 11 is 0. The molecule has 0 bridgehead atoms. The van der Waals surface area contributed by atoms with E-state index in [0.717, 1.165) is 11.4 Å². The molecular formula is C44H36N4. The largest absolute Gasteiger partial charge is 0.349 e. The Labute approximate surface area is 283 Å². The highest BCUT2D eigenvalue weighted by Gasteiger charge is 2.41. The van der Waals surface area contributed by atoms with Crippen molar-refractivity contribution in [1.82, 2.24) is 9.13 Å². The van der Waals surface area contributed by atoms with E-state index in [1.165, 1.54) is 55.4 Å². The predicted molar refractivity (Wildman–Crippen MR) is 200 cm³/mol. The first-order valence-electron chi connectivity index (χ1n) is 16.1. The average Bonchev–Trinajstić information content (AvgIpc) is 3.58. The minimum absolute atomic E-state index is 0.00135. The molecule has 0 radical (unpaired) electrons. The zero-order chi connectivity index (χ0) is 33.4. The van der Waals surface area contributed by atoms with E-state index in [9.17, 15) is 0 Å². The summed E-state index contributed by atoms with van der Waals surface area (Å²) in [6.45, 7) is 1.82. The first-order valence-corrected chi connectivity index (χ1v) is 16.1. The molecule has 2 unspecified atom stereocenters. The van der Waals surface area contributed by atoms with Crippen molar-refractivity contribution in [1.29, 1.82) is 0 Å². The van der Waals surface area contributed by atoms with Crippen molar-refractivity contribution < 1.29 is 0 Å². The van der Waals surface area contributed by atoms with E-state index >= 15 is 0 Å². The lowest BCUT2D eigenvalue weighted by molar-refractivity contribution is 0.712. The smallest absolute Gasteiger partial charge is 0.0801 e. The number of rotatable bonds is 8. The Morgan fingerprint density at radius 2 is 0.833 bits per heavy atom. The normalized spacial score (nSPS) is 14.7. The van der Waals surface area contributed by atoms with Crippen LogP contribution in [0.1, 0.15) is 45.5 Å². The van der Waals surface area contributed by atoms with Crippen molar-refractivity contribution >= 4 is 33.2 Å². The van der Waals surface area contributed by atoms with E-state index < -0.39 is 0 Å². The number of hydrogen-bond acceptors (Lipinski definition) is 2. The monoisotopic (exact) mass is 620 g/mol. The van der Waals surface area contributed by atoms with Gasteiger partial charge in [0.2, 0.25) is 0 Å². The van der Waals surface area contributed by atoms with Crippen LogP contribution in [0, 0.1) is 49.4 Å². The molecule has 0 saturated heterocycles. The van der Waals surface area contributed by atoms with Gasteiger partial charge < -0.3 is 18.9 Å². The van der Waals surface area contributed by atoms with Crippen LogP contribution >= 0.6 is 0 Å². The quantitative estimate of drug-likeness (QED) is 0.164. The molecule has 2 atom stereocenters. The Morgan fingerprint density at radius 1 is 0.500 bits per heavy atom. The van der Waals surface area contributed by atoms with Gasteiger partial charge in [-0.25, -0.2) is 0 Å². The van der Waals surface area contributed by atoms with Gasteiger partial charge >= 0.3 is 0 Å². The molecule has 0 amide bonds. The van der Waals surface area contributed by atoms with Gasteiger partial charge in [-0.05, 0) is 58.7 Å². The number of terminal acetylenes is 4. The molecule has 0 saturated carbocycles. The van der Waals surface area contributed by atoms with Crippen LogP contribution < -0.4 is 9.80 Å². The molecule has 2 aromatic heterocycles. The van der Waals surface area contributed by atoms with Crippen molar-refractivity contribution in [2.24, 2.45) is 14.1 Å². The Hall–Kier alpha value is -6.20. The third kappa shape index (κ3) is 4.79. The number of anilines is 2. The lowest BCUT2D eigenvalue weighted by atomic mass is 9.72. The van der Waals surface area contributed by atoms with E-state index in [2.05, 4.69) is 144 Å². The number of aryl methyl sites for hydroxylation is 2. The fourth-order valence-electron chi connectivity index (χ4n) is 7.79. The van der Waals surface area contributed by atoms with Gasteiger partial charge in [-0.2, -0.15) is 0 Å². The van der Waals surface area contributed by atoms with Gasteiger partial charge in [-0.1, -0.05) is 84.3 Å². The maximum absolute atomic E-state index is 5.69. The van der Waals surface area contributed by atoms with Crippen molar-refractivity contribution in [2.75, 3.05) is 36.0 Å². The minimum Gasteiger partial charge on any atom is -0.349 e. The molecular weight excluding hydrogens is 585 g/mol. The maximum atomic E-state index is 5.69. The highest BCUT2D eigenvalue weighted by atomic mass is 15.1. The van der Waals surface area contributed by atoms with Gasteiger partial charge in [0.05, 0.1) is 38.0 Å². The molecule has 4 aromatic carbocycles. The van der Waals surface area contributed by atoms with Crippen molar-refractivity contribution in [3.05, 3.63) is 131 Å². The summed E-state index contributed by atoms with van der Waals surface area (Å²) < 4.78 is 4.81. The second kappa shape index (κ2) is 12.5. The number of nitrogens with zero attached hydrogens (tertiary/aromatic N) is 4. The van der Waals surface area contributed by atoms with E-state index in [1.807, 2.05) is 9.80 Å². The molecule has 0 spiro atoms. The van der Waals surface area contributed by atoms with Gasteiger partial charge in [0.25, 0.3) is 0 Å². The van der Waals surface area contributed by atoms with Crippen LogP contribution in [0.5, 0.6) is 0 Å². The van der Waals surface area contributed by atoms with Crippen molar-refractivity contribution in [3.63, 3.8) is 0 Å². The number of benzene rings is 4. The summed E-state index contributed by atoms with van der Waals surface area (Å²) in [6.07, 6.45) is 22.7. The first kappa shape index (κ1) is 30.5. The highest BCUT2D eigenvalue weighted by Crippen LogP contribution is 2.54. The third-order valence-electron chi connectivity index (χ3n) is 9.82. The van der Waals surface area contributed by atoms with E-state index in [0.29, 0.717) is 26.2 Å². The maximum Gasteiger partial charge on any atom is 0.0801 e. The van der Waals surface area contributed by atoms with Gasteiger partial charge in [0, 0.05) is 58.7 Å². The molecule has 1 aliphatic carbocycles. The fourth-order valence-corrected chi connectivity index (χ4v) is 7.79. The Bertz CT molecular complexity index is 2120. The predicted octanol–water partition coefficient (Wildman–Crippen LogP) is 7.49. The summed E-state index contributed by atoms with van der Waals surface area (Å²) in [7, 11) is 4.41. The number of fused-ring (bicyclic) bond motifs is 6. The molecule has 48 heavy (non-hydrogen) atoms. The Morgan fingerprint density at radius 3 is 1.17 bits per heavy atom. The zero-order valence-corrected chi connectivity index (χ0v) is 27.3. The van der Waals surface area contributed by atoms with Crippen LogP contribution in [0.15, 0.2) is 97.1 Å². The summed E-state index contributed by atoms with van der Waals surface area (Å²) in [5, 5.41) is 2.52. The molecule has 7 rings (SSSR count). The van der Waals surface area contributed by atoms with Crippen LogP contribution in [0.3, 0.4) is 0 Å². The van der Waals surface area contributed by atoms with Crippen LogP contribution in [-0.2, 0) is 14.1 Å². The second-order valence-corrected chi connectivity index (χ2v) is 12.3. The van der Waals surface area contributed by atoms with Gasteiger partial charge in [-0.3, -0.25) is 0 Å². The third-order valence-corrected chi connectivity index (χ3v) is 9.82. The fraction of sp³-hybridized carbons (Fsp3) is 0.182. The average molecular weight is 621 g/mol. The highest BCUT2D eigenvalue weighted by molar-refractivity contribution is 5.94. The number of aromatic nitrogens is 2. The lowest BCUT2D eigenvalue weighted by Crippen LogP contribution is -2.25. The molecule has 6 aromatic rings. The van der Waals surface area contributed by atoms with Gasteiger partial charge in [0.15, 0.2) is 0 Å². The van der Waals surface area contributed by atoms with Gasteiger partial charge in [0.1, 0.15) is 0 Å². The molecule has 4 heteroatoms. The SMILES string of the molecule is C#CCN(CC#C)c1ccc(C2c3c(n(C)c4ccccc34)C(c3ccc(N(CC#C)CC#C)cc3)c3c2n(C)c2ccccc32)cc1. The summed E-state index contributed by atoms with van der Waals surface area (Å²) in [6, 6.07) is 35.1. The van der Waals surface area contributed by atoms with Crippen LogP contribution in [0.4, 0.5) is 11.4 Å². The zero-order valence-electron chi connectivity index (χ0n) is 27.3. The Kier molecular flexibility index (Phi) is 7.95. The van der Waals surface area contributed by atoms with Crippen LogP contribution in [0.2, 0.25) is 0 Å². The first-order chi connectivity index (χ1) is 23.5. The van der Waals surface area contributed by atoms with Crippen LogP contribution in [-0.4, -0.2) is 35.3 Å².